The van der Waals surface area contributed by atoms with Gasteiger partial charge in [-0.15, -0.1) is 0 Å². The number of nitrogens with one attached hydrogen (secondary N) is 1. The molecule has 4 rings (SSSR count). The van der Waals surface area contributed by atoms with Crippen molar-refractivity contribution in [1.82, 2.24) is 10.3 Å². The van der Waals surface area contributed by atoms with E-state index in [-0.39, 0.29) is 5.54 Å². The third-order valence-electron chi connectivity index (χ3n) is 4.88. The van der Waals surface area contributed by atoms with E-state index >= 15 is 0 Å². The van der Waals surface area contributed by atoms with Gasteiger partial charge in [-0.2, -0.15) is 0 Å². The molecule has 3 aromatic rings. The topological polar surface area (TPSA) is 24.9 Å². The van der Waals surface area contributed by atoms with Gasteiger partial charge in [0.05, 0.1) is 0 Å². The minimum atomic E-state index is -0.103. The lowest BCUT2D eigenvalue weighted by Gasteiger charge is -2.22. The third kappa shape index (κ3) is 3.47. The molecule has 0 unspecified atom stereocenters. The normalized spacial score (nSPS) is 15.0. The van der Waals surface area contributed by atoms with Crippen molar-refractivity contribution in [2.75, 3.05) is 0 Å². The molecule has 0 saturated heterocycles. The largest absolute Gasteiger partial charge is 0.303 e. The van der Waals surface area contributed by atoms with Crippen LogP contribution in [0.15, 0.2) is 60.9 Å². The molecule has 1 saturated carbocycles. The number of rotatable bonds is 5. The van der Waals surface area contributed by atoms with E-state index in [2.05, 4.69) is 10.3 Å². The van der Waals surface area contributed by atoms with Gasteiger partial charge in [-0.05, 0) is 59.9 Å². The summed E-state index contributed by atoms with van der Waals surface area (Å²) < 4.78 is 0. The van der Waals surface area contributed by atoms with Crippen LogP contribution < -0.4 is 5.32 Å². The predicted octanol–water partition coefficient (Wildman–Crippen LogP) is 6.49. The van der Waals surface area contributed by atoms with Crippen molar-refractivity contribution in [3.05, 3.63) is 87.1 Å². The molecule has 132 valence electrons. The third-order valence-corrected chi connectivity index (χ3v) is 5.81. The summed E-state index contributed by atoms with van der Waals surface area (Å²) in [6, 6.07) is 15.5. The molecule has 0 amide bonds. The highest BCUT2D eigenvalue weighted by molar-refractivity contribution is 6.34. The number of pyridine rings is 1. The average Bonchev–Trinajstić information content (AvgIpc) is 3.44. The Hall–Kier alpha value is -1.58. The maximum absolute atomic E-state index is 6.44. The molecule has 26 heavy (non-hydrogen) atoms. The van der Waals surface area contributed by atoms with Crippen molar-refractivity contribution in [2.24, 2.45) is 0 Å². The molecule has 1 aliphatic rings. The molecule has 2 aromatic carbocycles. The summed E-state index contributed by atoms with van der Waals surface area (Å²) in [5, 5.41) is 5.83. The minimum absolute atomic E-state index is 0.103. The van der Waals surface area contributed by atoms with E-state index in [1.165, 1.54) is 5.56 Å². The van der Waals surface area contributed by atoms with Crippen LogP contribution >= 0.6 is 34.8 Å². The van der Waals surface area contributed by atoms with Gasteiger partial charge in [0.1, 0.15) is 0 Å². The second kappa shape index (κ2) is 7.21. The number of benzene rings is 2. The zero-order chi connectivity index (χ0) is 18.1. The van der Waals surface area contributed by atoms with E-state index in [1.54, 1.807) is 6.07 Å². The number of hydrogen-bond acceptors (Lipinski definition) is 2. The molecule has 0 aliphatic heterocycles. The quantitative estimate of drug-likeness (QED) is 0.527. The van der Waals surface area contributed by atoms with Gasteiger partial charge in [-0.3, -0.25) is 4.98 Å². The molecule has 2 nitrogen and oxygen atoms in total. The van der Waals surface area contributed by atoms with E-state index in [9.17, 15) is 0 Å². The van der Waals surface area contributed by atoms with Gasteiger partial charge in [0.25, 0.3) is 0 Å². The molecule has 1 aliphatic carbocycles. The summed E-state index contributed by atoms with van der Waals surface area (Å²) in [7, 11) is 0. The molecule has 5 heteroatoms. The summed E-state index contributed by atoms with van der Waals surface area (Å²) in [5.74, 6) is 0. The molecule has 1 heterocycles. The Bertz CT molecular complexity index is 951. The Morgan fingerprint density at radius 3 is 2.50 bits per heavy atom. The summed E-state index contributed by atoms with van der Waals surface area (Å²) in [6.07, 6.45) is 5.85. The molecular weight excluding hydrogens is 387 g/mol. The first kappa shape index (κ1) is 17.8. The second-order valence-electron chi connectivity index (χ2n) is 6.57. The molecule has 0 spiro atoms. The highest BCUT2D eigenvalue weighted by atomic mass is 35.5. The highest BCUT2D eigenvalue weighted by Crippen LogP contribution is 2.49. The Morgan fingerprint density at radius 2 is 1.73 bits per heavy atom. The Morgan fingerprint density at radius 1 is 0.923 bits per heavy atom. The maximum atomic E-state index is 6.44. The SMILES string of the molecule is Clc1ccc(Cl)c(CNC2(c3cnccc3-c3ccccc3Cl)CC2)c1. The summed E-state index contributed by atoms with van der Waals surface area (Å²) in [6.45, 7) is 0.649. The highest BCUT2D eigenvalue weighted by Gasteiger charge is 2.45. The molecule has 0 radical (unpaired) electrons. The lowest BCUT2D eigenvalue weighted by molar-refractivity contribution is 0.518. The van der Waals surface area contributed by atoms with Crippen LogP contribution in [0.25, 0.3) is 11.1 Å². The van der Waals surface area contributed by atoms with Crippen molar-refractivity contribution in [3.63, 3.8) is 0 Å². The Kier molecular flexibility index (Phi) is 4.94. The maximum Gasteiger partial charge on any atom is 0.0484 e. The molecule has 0 bridgehead atoms. The first-order valence-electron chi connectivity index (χ1n) is 8.47. The van der Waals surface area contributed by atoms with Gasteiger partial charge >= 0.3 is 0 Å². The van der Waals surface area contributed by atoms with Gasteiger partial charge in [0.15, 0.2) is 0 Å². The molecule has 1 N–H and O–H groups in total. The van der Waals surface area contributed by atoms with Gasteiger partial charge in [-0.25, -0.2) is 0 Å². The Balaban J connectivity index is 1.66. The van der Waals surface area contributed by atoms with E-state index in [0.29, 0.717) is 11.6 Å². The molecule has 1 fully saturated rings. The number of nitrogens with zero attached hydrogens (tertiary/aromatic N) is 1. The first-order chi connectivity index (χ1) is 12.6. The standard InChI is InChI=1S/C21H17Cl3N2/c22-15-5-6-19(23)14(11-15)12-26-21(8-9-21)18-13-25-10-7-16(18)17-3-1-2-4-20(17)24/h1-7,10-11,13,26H,8-9,12H2. The molecule has 1 aromatic heterocycles. The lowest BCUT2D eigenvalue weighted by atomic mass is 9.95. The Labute approximate surface area is 168 Å². The second-order valence-corrected chi connectivity index (χ2v) is 7.82. The van der Waals surface area contributed by atoms with E-state index in [1.807, 2.05) is 54.9 Å². The van der Waals surface area contributed by atoms with E-state index in [4.69, 9.17) is 34.8 Å². The van der Waals surface area contributed by atoms with E-state index in [0.717, 1.165) is 39.6 Å². The molecule has 0 atom stereocenters. The van der Waals surface area contributed by atoms with Crippen molar-refractivity contribution in [2.45, 2.75) is 24.9 Å². The van der Waals surface area contributed by atoms with E-state index < -0.39 is 0 Å². The van der Waals surface area contributed by atoms with Gasteiger partial charge in [0, 0.05) is 45.1 Å². The fourth-order valence-corrected chi connectivity index (χ4v) is 3.92. The minimum Gasteiger partial charge on any atom is -0.303 e. The van der Waals surface area contributed by atoms with Crippen LogP contribution in [0.5, 0.6) is 0 Å². The lowest BCUT2D eigenvalue weighted by Crippen LogP contribution is -2.29. The molecular formula is C21H17Cl3N2. The summed E-state index contributed by atoms with van der Waals surface area (Å²) in [5.41, 5.74) is 4.21. The van der Waals surface area contributed by atoms with Crippen LogP contribution in [0.1, 0.15) is 24.0 Å². The number of hydrogen-bond donors (Lipinski definition) is 1. The van der Waals surface area contributed by atoms with Crippen molar-refractivity contribution in [1.29, 1.82) is 0 Å². The average molecular weight is 404 g/mol. The van der Waals surface area contributed by atoms with Crippen LogP contribution in [0.4, 0.5) is 0 Å². The summed E-state index contributed by atoms with van der Waals surface area (Å²) in [4.78, 5) is 4.36. The van der Waals surface area contributed by atoms with Gasteiger partial charge in [-0.1, -0.05) is 53.0 Å². The van der Waals surface area contributed by atoms with Crippen molar-refractivity contribution < 1.29 is 0 Å². The van der Waals surface area contributed by atoms with Crippen molar-refractivity contribution in [3.8, 4) is 11.1 Å². The smallest absolute Gasteiger partial charge is 0.0484 e. The van der Waals surface area contributed by atoms with Gasteiger partial charge in [0.2, 0.25) is 0 Å². The van der Waals surface area contributed by atoms with Gasteiger partial charge < -0.3 is 5.32 Å². The van der Waals surface area contributed by atoms with Crippen LogP contribution in [0, 0.1) is 0 Å². The number of halogens is 3. The number of aromatic nitrogens is 1. The van der Waals surface area contributed by atoms with Crippen LogP contribution in [-0.2, 0) is 12.1 Å². The first-order valence-corrected chi connectivity index (χ1v) is 9.61. The monoisotopic (exact) mass is 402 g/mol. The van der Waals surface area contributed by atoms with Crippen LogP contribution in [0.2, 0.25) is 15.1 Å². The predicted molar refractivity (Wildman–Crippen MR) is 109 cm³/mol. The zero-order valence-electron chi connectivity index (χ0n) is 14.0. The fourth-order valence-electron chi connectivity index (χ4n) is 3.30. The van der Waals surface area contributed by atoms with Crippen molar-refractivity contribution >= 4 is 34.8 Å². The van der Waals surface area contributed by atoms with Crippen LogP contribution in [0.3, 0.4) is 0 Å². The van der Waals surface area contributed by atoms with Crippen LogP contribution in [-0.4, -0.2) is 4.98 Å². The summed E-state index contributed by atoms with van der Waals surface area (Å²) >= 11 is 18.9. The zero-order valence-corrected chi connectivity index (χ0v) is 16.2. The fraction of sp³-hybridized carbons (Fsp3) is 0.190.